The van der Waals surface area contributed by atoms with Crippen LogP contribution < -0.4 is 14.8 Å². The Bertz CT molecular complexity index is 732. The Kier molecular flexibility index (Phi) is 6.63. The van der Waals surface area contributed by atoms with Crippen molar-refractivity contribution in [2.75, 3.05) is 20.8 Å². The Balaban J connectivity index is 1.84. The van der Waals surface area contributed by atoms with Crippen LogP contribution in [0.3, 0.4) is 0 Å². The molecule has 1 aromatic heterocycles. The van der Waals surface area contributed by atoms with Crippen LogP contribution in [0.4, 0.5) is 0 Å². The number of carbonyl (C=O) groups excluding carboxylic acids is 1. The van der Waals surface area contributed by atoms with Gasteiger partial charge in [0, 0.05) is 25.0 Å². The van der Waals surface area contributed by atoms with E-state index in [1.165, 1.54) is 6.08 Å². The second-order valence-corrected chi connectivity index (χ2v) is 5.44. The second-order valence-electron chi connectivity index (χ2n) is 5.00. The van der Waals surface area contributed by atoms with Gasteiger partial charge >= 0.3 is 0 Å². The number of rotatable bonds is 7. The van der Waals surface area contributed by atoms with Gasteiger partial charge in [-0.3, -0.25) is 9.78 Å². The maximum absolute atomic E-state index is 11.8. The van der Waals surface area contributed by atoms with E-state index in [2.05, 4.69) is 10.3 Å². The highest BCUT2D eigenvalue weighted by atomic mass is 35.5. The van der Waals surface area contributed by atoms with Crippen LogP contribution in [-0.2, 0) is 11.2 Å². The summed E-state index contributed by atoms with van der Waals surface area (Å²) in [6.07, 6.45) is 7.01. The van der Waals surface area contributed by atoms with Crippen molar-refractivity contribution in [2.24, 2.45) is 0 Å². The van der Waals surface area contributed by atoms with Crippen LogP contribution in [-0.4, -0.2) is 31.7 Å². The fourth-order valence-corrected chi connectivity index (χ4v) is 2.30. The Morgan fingerprint density at radius 3 is 2.71 bits per heavy atom. The lowest BCUT2D eigenvalue weighted by atomic mass is 10.1. The molecule has 0 unspecified atom stereocenters. The number of benzene rings is 1. The van der Waals surface area contributed by atoms with Crippen molar-refractivity contribution in [2.45, 2.75) is 6.42 Å². The molecule has 1 aromatic carbocycles. The molecule has 0 atom stereocenters. The van der Waals surface area contributed by atoms with Gasteiger partial charge in [-0.25, -0.2) is 0 Å². The van der Waals surface area contributed by atoms with Crippen molar-refractivity contribution >= 4 is 23.6 Å². The van der Waals surface area contributed by atoms with Crippen LogP contribution in [0.1, 0.15) is 11.1 Å². The minimum atomic E-state index is -0.171. The first kappa shape index (κ1) is 17.8. The Morgan fingerprint density at radius 2 is 2.00 bits per heavy atom. The van der Waals surface area contributed by atoms with Crippen molar-refractivity contribution in [1.82, 2.24) is 10.3 Å². The number of amides is 1. The summed E-state index contributed by atoms with van der Waals surface area (Å²) in [5, 5.41) is 3.36. The number of aromatic nitrogens is 1. The molecule has 2 aromatic rings. The number of halogens is 1. The Hall–Kier alpha value is -2.53. The Labute approximate surface area is 146 Å². The average Bonchev–Trinajstić information content (AvgIpc) is 2.60. The first-order valence-corrected chi connectivity index (χ1v) is 7.77. The molecule has 0 aliphatic carbocycles. The highest BCUT2D eigenvalue weighted by Crippen LogP contribution is 2.27. The third kappa shape index (κ3) is 5.28. The van der Waals surface area contributed by atoms with Gasteiger partial charge in [0.05, 0.1) is 19.2 Å². The summed E-state index contributed by atoms with van der Waals surface area (Å²) < 4.78 is 10.5. The largest absolute Gasteiger partial charge is 0.493 e. The van der Waals surface area contributed by atoms with Gasteiger partial charge in [0.2, 0.25) is 5.91 Å². The van der Waals surface area contributed by atoms with E-state index < -0.39 is 0 Å². The standard InChI is InChI=1S/C18H19ClN2O3/c1-23-16-5-3-13(10-17(16)24-2)7-8-21-18(22)6-4-14-9-15(19)12-20-11-14/h3-6,9-12H,7-8H2,1-2H3,(H,21,22)/b6-4+. The van der Waals surface area contributed by atoms with Crippen molar-refractivity contribution in [3.8, 4) is 11.5 Å². The quantitative estimate of drug-likeness (QED) is 0.782. The number of pyridine rings is 1. The van der Waals surface area contributed by atoms with Crippen LogP contribution in [0.5, 0.6) is 11.5 Å². The number of hydrogen-bond donors (Lipinski definition) is 1. The lowest BCUT2D eigenvalue weighted by Gasteiger charge is -2.09. The van der Waals surface area contributed by atoms with E-state index in [9.17, 15) is 4.79 Å². The maximum Gasteiger partial charge on any atom is 0.244 e. The van der Waals surface area contributed by atoms with E-state index in [0.717, 1.165) is 11.1 Å². The summed E-state index contributed by atoms with van der Waals surface area (Å²) in [5.41, 5.74) is 1.83. The summed E-state index contributed by atoms with van der Waals surface area (Å²) in [7, 11) is 3.19. The molecular weight excluding hydrogens is 328 g/mol. The van der Waals surface area contributed by atoms with Crippen molar-refractivity contribution < 1.29 is 14.3 Å². The zero-order chi connectivity index (χ0) is 17.4. The summed E-state index contributed by atoms with van der Waals surface area (Å²) in [6.45, 7) is 0.520. The van der Waals surface area contributed by atoms with Crippen molar-refractivity contribution in [3.63, 3.8) is 0 Å². The SMILES string of the molecule is COc1ccc(CCNC(=O)/C=C/c2cncc(Cl)c2)cc1OC. The molecule has 0 saturated heterocycles. The summed E-state index contributed by atoms with van der Waals surface area (Å²) in [6, 6.07) is 7.43. The summed E-state index contributed by atoms with van der Waals surface area (Å²) >= 11 is 5.84. The van der Waals surface area contributed by atoms with Crippen LogP contribution in [0.2, 0.25) is 5.02 Å². The minimum Gasteiger partial charge on any atom is -0.493 e. The van der Waals surface area contributed by atoms with E-state index in [1.54, 1.807) is 38.8 Å². The zero-order valence-electron chi connectivity index (χ0n) is 13.6. The molecular formula is C18H19ClN2O3. The minimum absolute atomic E-state index is 0.171. The predicted octanol–water partition coefficient (Wildman–Crippen LogP) is 3.12. The number of nitrogens with one attached hydrogen (secondary N) is 1. The predicted molar refractivity (Wildman–Crippen MR) is 94.5 cm³/mol. The number of carbonyl (C=O) groups is 1. The fraction of sp³-hybridized carbons (Fsp3) is 0.222. The molecule has 1 heterocycles. The topological polar surface area (TPSA) is 60.5 Å². The monoisotopic (exact) mass is 346 g/mol. The van der Waals surface area contributed by atoms with Gasteiger partial charge in [0.1, 0.15) is 0 Å². The fourth-order valence-electron chi connectivity index (χ4n) is 2.12. The molecule has 0 aliphatic rings. The van der Waals surface area contributed by atoms with Crippen LogP contribution in [0.15, 0.2) is 42.7 Å². The molecule has 0 spiro atoms. The molecule has 2 rings (SSSR count). The first-order chi connectivity index (χ1) is 11.6. The number of nitrogens with zero attached hydrogens (tertiary/aromatic N) is 1. The molecule has 126 valence electrons. The first-order valence-electron chi connectivity index (χ1n) is 7.39. The van der Waals surface area contributed by atoms with E-state index in [1.807, 2.05) is 18.2 Å². The van der Waals surface area contributed by atoms with E-state index >= 15 is 0 Å². The zero-order valence-corrected chi connectivity index (χ0v) is 14.3. The normalized spacial score (nSPS) is 10.6. The van der Waals surface area contributed by atoms with Gasteiger partial charge in [0.25, 0.3) is 0 Å². The molecule has 6 heteroatoms. The highest BCUT2D eigenvalue weighted by molar-refractivity contribution is 6.30. The summed E-state index contributed by atoms with van der Waals surface area (Å²) in [5.74, 6) is 1.19. The molecule has 1 N–H and O–H groups in total. The lowest BCUT2D eigenvalue weighted by Crippen LogP contribution is -2.23. The van der Waals surface area contributed by atoms with Crippen LogP contribution in [0, 0.1) is 0 Å². The van der Waals surface area contributed by atoms with Gasteiger partial charge in [-0.15, -0.1) is 0 Å². The third-order valence-electron chi connectivity index (χ3n) is 3.31. The molecule has 5 nitrogen and oxygen atoms in total. The molecule has 24 heavy (non-hydrogen) atoms. The molecule has 1 amide bonds. The summed E-state index contributed by atoms with van der Waals surface area (Å²) in [4.78, 5) is 15.8. The van der Waals surface area contributed by atoms with Gasteiger partial charge in [-0.05, 0) is 41.8 Å². The molecule has 0 saturated carbocycles. The molecule has 0 aliphatic heterocycles. The maximum atomic E-state index is 11.8. The Morgan fingerprint density at radius 1 is 1.21 bits per heavy atom. The van der Waals surface area contributed by atoms with E-state index in [-0.39, 0.29) is 5.91 Å². The third-order valence-corrected chi connectivity index (χ3v) is 3.52. The van der Waals surface area contributed by atoms with E-state index in [0.29, 0.717) is 29.5 Å². The number of hydrogen-bond acceptors (Lipinski definition) is 4. The van der Waals surface area contributed by atoms with Gasteiger partial charge < -0.3 is 14.8 Å². The van der Waals surface area contributed by atoms with Crippen LogP contribution >= 0.6 is 11.6 Å². The molecule has 0 fully saturated rings. The average molecular weight is 347 g/mol. The van der Waals surface area contributed by atoms with E-state index in [4.69, 9.17) is 21.1 Å². The highest BCUT2D eigenvalue weighted by Gasteiger charge is 2.04. The lowest BCUT2D eigenvalue weighted by molar-refractivity contribution is -0.116. The number of ether oxygens (including phenoxy) is 2. The van der Waals surface area contributed by atoms with Crippen LogP contribution in [0.25, 0.3) is 6.08 Å². The second kappa shape index (κ2) is 8.93. The van der Waals surface area contributed by atoms with Gasteiger partial charge in [-0.2, -0.15) is 0 Å². The van der Waals surface area contributed by atoms with Gasteiger partial charge in [0.15, 0.2) is 11.5 Å². The van der Waals surface area contributed by atoms with Crippen molar-refractivity contribution in [3.05, 3.63) is 58.9 Å². The smallest absolute Gasteiger partial charge is 0.244 e. The number of methoxy groups -OCH3 is 2. The molecule has 0 radical (unpaired) electrons. The van der Waals surface area contributed by atoms with Crippen molar-refractivity contribution in [1.29, 1.82) is 0 Å². The molecule has 0 bridgehead atoms. The van der Waals surface area contributed by atoms with Gasteiger partial charge in [-0.1, -0.05) is 17.7 Å².